The van der Waals surface area contributed by atoms with Gasteiger partial charge in [0.1, 0.15) is 0 Å². The molecule has 2 aromatic heterocycles. The Morgan fingerprint density at radius 3 is 2.31 bits per heavy atom. The van der Waals surface area contributed by atoms with Gasteiger partial charge in [0.25, 0.3) is 10.0 Å². The van der Waals surface area contributed by atoms with Crippen molar-refractivity contribution in [3.8, 4) is 17.3 Å². The smallest absolute Gasteiger partial charge is 0.260 e. The van der Waals surface area contributed by atoms with Gasteiger partial charge < -0.3 is 0 Å². The zero-order chi connectivity index (χ0) is 20.3. The number of benzene rings is 1. The Hall–Kier alpha value is -3.08. The third-order valence-electron chi connectivity index (χ3n) is 5.27. The summed E-state index contributed by atoms with van der Waals surface area (Å²) in [6, 6.07) is 18.0. The van der Waals surface area contributed by atoms with E-state index in [2.05, 4.69) is 16.0 Å². The predicted octanol–water partition coefficient (Wildman–Crippen LogP) is 3.58. The van der Waals surface area contributed by atoms with E-state index in [0.717, 1.165) is 18.4 Å². The number of hydrogen-bond donors (Lipinski definition) is 0. The summed E-state index contributed by atoms with van der Waals surface area (Å²) in [5, 5.41) is 8.99. The number of aromatic nitrogens is 2. The van der Waals surface area contributed by atoms with E-state index in [4.69, 9.17) is 5.26 Å². The van der Waals surface area contributed by atoms with Crippen LogP contribution in [0.3, 0.4) is 0 Å². The van der Waals surface area contributed by atoms with Gasteiger partial charge in [0.15, 0.2) is 5.03 Å². The first-order valence-electron chi connectivity index (χ1n) is 9.45. The largest absolute Gasteiger partial charge is 0.265 e. The number of hydrogen-bond acceptors (Lipinski definition) is 5. The van der Waals surface area contributed by atoms with Gasteiger partial charge in [-0.25, -0.2) is 13.4 Å². The molecule has 0 saturated carbocycles. The number of pyridine rings is 2. The average Bonchev–Trinajstić information content (AvgIpc) is 2.80. The lowest BCUT2D eigenvalue weighted by molar-refractivity contribution is 0.318. The molecule has 0 bridgehead atoms. The summed E-state index contributed by atoms with van der Waals surface area (Å²) in [4.78, 5) is 8.45. The fourth-order valence-corrected chi connectivity index (χ4v) is 5.05. The summed E-state index contributed by atoms with van der Waals surface area (Å²) in [5.41, 5.74) is 3.10. The highest BCUT2D eigenvalue weighted by Gasteiger charge is 2.31. The van der Waals surface area contributed by atoms with Crippen molar-refractivity contribution in [2.75, 3.05) is 13.1 Å². The Morgan fingerprint density at radius 2 is 1.66 bits per heavy atom. The zero-order valence-corrected chi connectivity index (χ0v) is 16.6. The van der Waals surface area contributed by atoms with E-state index in [-0.39, 0.29) is 5.03 Å². The third-order valence-corrected chi connectivity index (χ3v) is 7.07. The van der Waals surface area contributed by atoms with Crippen molar-refractivity contribution in [1.29, 1.82) is 5.26 Å². The first-order valence-corrected chi connectivity index (χ1v) is 10.9. The van der Waals surface area contributed by atoms with Crippen LogP contribution in [0.1, 0.15) is 29.9 Å². The van der Waals surface area contributed by atoms with Crippen LogP contribution in [0.4, 0.5) is 0 Å². The Bertz CT molecular complexity index is 1130. The topological polar surface area (TPSA) is 87.0 Å². The Balaban J connectivity index is 1.53. The number of rotatable bonds is 4. The number of piperidine rings is 1. The molecule has 1 fully saturated rings. The second-order valence-electron chi connectivity index (χ2n) is 7.01. The molecule has 1 aliphatic heterocycles. The van der Waals surface area contributed by atoms with E-state index in [9.17, 15) is 8.42 Å². The van der Waals surface area contributed by atoms with Crippen molar-refractivity contribution in [1.82, 2.24) is 14.3 Å². The van der Waals surface area contributed by atoms with Crippen molar-refractivity contribution in [3.05, 3.63) is 78.1 Å². The van der Waals surface area contributed by atoms with Crippen LogP contribution >= 0.6 is 0 Å². The van der Waals surface area contributed by atoms with Crippen molar-refractivity contribution in [2.45, 2.75) is 23.8 Å². The van der Waals surface area contributed by atoms with Crippen LogP contribution < -0.4 is 0 Å². The fraction of sp³-hybridized carbons (Fsp3) is 0.227. The molecule has 4 rings (SSSR count). The lowest BCUT2D eigenvalue weighted by Gasteiger charge is -2.31. The molecule has 0 amide bonds. The van der Waals surface area contributed by atoms with Crippen LogP contribution in [0, 0.1) is 11.3 Å². The summed E-state index contributed by atoms with van der Waals surface area (Å²) >= 11 is 0. The summed E-state index contributed by atoms with van der Waals surface area (Å²) in [7, 11) is -3.65. The van der Waals surface area contributed by atoms with Gasteiger partial charge in [0.2, 0.25) is 0 Å². The quantitative estimate of drug-likeness (QED) is 0.663. The Kier molecular flexibility index (Phi) is 5.38. The van der Waals surface area contributed by atoms with Crippen LogP contribution in [-0.2, 0) is 10.0 Å². The second-order valence-corrected chi connectivity index (χ2v) is 8.89. The molecule has 0 unspecified atom stereocenters. The van der Waals surface area contributed by atoms with Gasteiger partial charge in [-0.2, -0.15) is 9.57 Å². The van der Waals surface area contributed by atoms with E-state index < -0.39 is 10.0 Å². The van der Waals surface area contributed by atoms with Crippen molar-refractivity contribution in [3.63, 3.8) is 0 Å². The zero-order valence-electron chi connectivity index (χ0n) is 15.8. The molecule has 1 aromatic carbocycles. The average molecular weight is 404 g/mol. The molecule has 7 heteroatoms. The van der Waals surface area contributed by atoms with Gasteiger partial charge in [-0.05, 0) is 60.7 Å². The van der Waals surface area contributed by atoms with E-state index in [0.29, 0.717) is 30.3 Å². The number of sulfonamides is 1. The molecule has 3 heterocycles. The SMILES string of the molecule is N#Cc1ccc(-c2cccc(S(=O)(=O)N3CCC(c4ccncc4)CC3)n2)cc1. The van der Waals surface area contributed by atoms with Crippen LogP contribution in [0.25, 0.3) is 11.3 Å². The molecule has 0 N–H and O–H groups in total. The van der Waals surface area contributed by atoms with Crippen LogP contribution in [0.5, 0.6) is 0 Å². The van der Waals surface area contributed by atoms with Gasteiger partial charge in [-0.3, -0.25) is 4.98 Å². The molecule has 0 aliphatic carbocycles. The fourth-order valence-electron chi connectivity index (χ4n) is 3.63. The maximum Gasteiger partial charge on any atom is 0.260 e. The maximum absolute atomic E-state index is 13.1. The van der Waals surface area contributed by atoms with Crippen LogP contribution in [0.2, 0.25) is 0 Å². The van der Waals surface area contributed by atoms with Gasteiger partial charge in [0, 0.05) is 31.0 Å². The minimum atomic E-state index is -3.65. The summed E-state index contributed by atoms with van der Waals surface area (Å²) in [6.45, 7) is 0.941. The summed E-state index contributed by atoms with van der Waals surface area (Å²) in [5.74, 6) is 0.349. The van der Waals surface area contributed by atoms with E-state index in [1.807, 2.05) is 12.1 Å². The normalized spacial score (nSPS) is 15.7. The Labute approximate surface area is 170 Å². The molecular formula is C22H20N4O2S. The highest BCUT2D eigenvalue weighted by molar-refractivity contribution is 7.89. The lowest BCUT2D eigenvalue weighted by Crippen LogP contribution is -2.38. The Morgan fingerprint density at radius 1 is 0.966 bits per heavy atom. The van der Waals surface area contributed by atoms with Gasteiger partial charge >= 0.3 is 0 Å². The molecule has 6 nitrogen and oxygen atoms in total. The van der Waals surface area contributed by atoms with Gasteiger partial charge in [0.05, 0.1) is 17.3 Å². The van der Waals surface area contributed by atoms with Crippen molar-refractivity contribution >= 4 is 10.0 Å². The molecule has 146 valence electrons. The molecule has 0 atom stereocenters. The summed E-state index contributed by atoms with van der Waals surface area (Å²) < 4.78 is 27.8. The molecule has 29 heavy (non-hydrogen) atoms. The van der Waals surface area contributed by atoms with E-state index in [1.165, 1.54) is 15.9 Å². The summed E-state index contributed by atoms with van der Waals surface area (Å²) in [6.07, 6.45) is 5.10. The maximum atomic E-state index is 13.1. The molecular weight excluding hydrogens is 384 g/mol. The molecule has 0 radical (unpaired) electrons. The van der Waals surface area contributed by atoms with Crippen LogP contribution in [0.15, 0.2) is 72.0 Å². The molecule has 3 aromatic rings. The highest BCUT2D eigenvalue weighted by atomic mass is 32.2. The van der Waals surface area contributed by atoms with E-state index >= 15 is 0 Å². The monoisotopic (exact) mass is 404 g/mol. The van der Waals surface area contributed by atoms with Crippen molar-refractivity contribution < 1.29 is 8.42 Å². The number of nitrogens with zero attached hydrogens (tertiary/aromatic N) is 4. The van der Waals surface area contributed by atoms with E-state index in [1.54, 1.807) is 48.8 Å². The number of nitriles is 1. The first kappa shape index (κ1) is 19.2. The van der Waals surface area contributed by atoms with Gasteiger partial charge in [-0.1, -0.05) is 18.2 Å². The minimum absolute atomic E-state index is 0.0571. The van der Waals surface area contributed by atoms with Gasteiger partial charge in [-0.15, -0.1) is 0 Å². The molecule has 1 aliphatic rings. The second kappa shape index (κ2) is 8.11. The van der Waals surface area contributed by atoms with Crippen LogP contribution in [-0.4, -0.2) is 35.8 Å². The first-order chi connectivity index (χ1) is 14.1. The standard InChI is InChI=1S/C22H20N4O2S/c23-16-17-4-6-20(7-5-17)21-2-1-3-22(25-21)29(27,28)26-14-10-19(11-15-26)18-8-12-24-13-9-18/h1-9,12-13,19H,10-11,14-15H2. The lowest BCUT2D eigenvalue weighted by atomic mass is 9.91. The highest BCUT2D eigenvalue weighted by Crippen LogP contribution is 2.30. The van der Waals surface area contributed by atoms with Crippen molar-refractivity contribution in [2.24, 2.45) is 0 Å². The molecule has 1 saturated heterocycles. The molecule has 0 spiro atoms. The third kappa shape index (κ3) is 4.04. The minimum Gasteiger partial charge on any atom is -0.265 e. The predicted molar refractivity (Wildman–Crippen MR) is 109 cm³/mol.